The Hall–Kier alpha value is -1.18. The van der Waals surface area contributed by atoms with Crippen LogP contribution in [0.1, 0.15) is 52.9 Å². The largest absolute Gasteiger partial charge is 0.340 e. The van der Waals surface area contributed by atoms with Crippen LogP contribution < -0.4 is 16.2 Å². The quantitative estimate of drug-likeness (QED) is 0.654. The number of carbonyl (C=O) groups excluding carboxylic acids is 2. The van der Waals surface area contributed by atoms with E-state index in [0.717, 1.165) is 13.0 Å². The normalized spacial score (nSPS) is 30.9. The summed E-state index contributed by atoms with van der Waals surface area (Å²) in [4.78, 5) is 29.3. The van der Waals surface area contributed by atoms with Crippen LogP contribution in [0.3, 0.4) is 0 Å². The van der Waals surface area contributed by atoms with Gasteiger partial charge in [0.2, 0.25) is 11.8 Å². The third-order valence-electron chi connectivity index (χ3n) is 5.57. The van der Waals surface area contributed by atoms with Crippen LogP contribution in [-0.4, -0.2) is 59.6 Å². The van der Waals surface area contributed by atoms with Crippen molar-refractivity contribution < 1.29 is 9.59 Å². The molecule has 2 amide bonds. The van der Waals surface area contributed by atoms with Gasteiger partial charge in [0.1, 0.15) is 0 Å². The Bertz CT molecular complexity index is 494. The summed E-state index contributed by atoms with van der Waals surface area (Å²) in [6.45, 7) is 8.47. The molecule has 25 heavy (non-hydrogen) atoms. The van der Waals surface area contributed by atoms with Crippen molar-refractivity contribution >= 4 is 11.8 Å². The first-order valence-electron chi connectivity index (χ1n) is 9.78. The minimum absolute atomic E-state index is 0.125. The maximum absolute atomic E-state index is 12.7. The number of hydrazine groups is 1. The first-order valence-corrected chi connectivity index (χ1v) is 9.78. The van der Waals surface area contributed by atoms with Gasteiger partial charge in [-0.1, -0.05) is 13.8 Å². The van der Waals surface area contributed by atoms with Gasteiger partial charge in [0.25, 0.3) is 0 Å². The van der Waals surface area contributed by atoms with Crippen LogP contribution in [0.2, 0.25) is 0 Å². The number of hydrogen-bond acceptors (Lipinski definition) is 5. The van der Waals surface area contributed by atoms with Gasteiger partial charge in [-0.15, -0.1) is 0 Å². The Kier molecular flexibility index (Phi) is 5.96. The fourth-order valence-corrected chi connectivity index (χ4v) is 3.78. The SMILES string of the molecule is CC1NNC(CCC(=O)N2CCC(=O)N(CC3CC3)C(C(C)C)C2)N1. The van der Waals surface area contributed by atoms with Crippen molar-refractivity contribution in [1.29, 1.82) is 0 Å². The van der Waals surface area contributed by atoms with Gasteiger partial charge < -0.3 is 9.80 Å². The first-order chi connectivity index (χ1) is 11.9. The Morgan fingerprint density at radius 3 is 2.64 bits per heavy atom. The lowest BCUT2D eigenvalue weighted by atomic mass is 10.0. The van der Waals surface area contributed by atoms with Gasteiger partial charge in [-0.3, -0.25) is 14.9 Å². The molecule has 0 radical (unpaired) electrons. The van der Waals surface area contributed by atoms with E-state index in [9.17, 15) is 9.59 Å². The molecule has 7 heteroatoms. The van der Waals surface area contributed by atoms with E-state index in [-0.39, 0.29) is 30.2 Å². The molecule has 142 valence electrons. The third-order valence-corrected chi connectivity index (χ3v) is 5.57. The maximum atomic E-state index is 12.7. The Morgan fingerprint density at radius 1 is 1.28 bits per heavy atom. The summed E-state index contributed by atoms with van der Waals surface area (Å²) in [6.07, 6.45) is 4.53. The molecular weight excluding hydrogens is 318 g/mol. The van der Waals surface area contributed by atoms with E-state index in [1.165, 1.54) is 12.8 Å². The van der Waals surface area contributed by atoms with Gasteiger partial charge in [-0.05, 0) is 38.0 Å². The summed E-state index contributed by atoms with van der Waals surface area (Å²) >= 11 is 0. The number of nitrogens with one attached hydrogen (secondary N) is 3. The van der Waals surface area contributed by atoms with Crippen LogP contribution in [0, 0.1) is 11.8 Å². The summed E-state index contributed by atoms with van der Waals surface area (Å²) < 4.78 is 0. The van der Waals surface area contributed by atoms with Crippen molar-refractivity contribution in [2.45, 2.75) is 71.2 Å². The average molecular weight is 351 g/mol. The minimum Gasteiger partial charge on any atom is -0.340 e. The summed E-state index contributed by atoms with van der Waals surface area (Å²) in [6, 6.07) is 0.143. The van der Waals surface area contributed by atoms with Crippen molar-refractivity contribution in [3.63, 3.8) is 0 Å². The second-order valence-electron chi connectivity index (χ2n) is 8.16. The first kappa shape index (κ1) is 18.6. The molecule has 2 heterocycles. The lowest BCUT2D eigenvalue weighted by Crippen LogP contribution is -2.48. The molecule has 3 rings (SSSR count). The van der Waals surface area contributed by atoms with E-state index < -0.39 is 0 Å². The monoisotopic (exact) mass is 351 g/mol. The molecule has 0 aromatic carbocycles. The van der Waals surface area contributed by atoms with Crippen molar-refractivity contribution in [2.24, 2.45) is 11.8 Å². The molecular formula is C18H33N5O2. The highest BCUT2D eigenvalue weighted by molar-refractivity contribution is 5.80. The molecule has 1 aliphatic carbocycles. The predicted octanol–water partition coefficient (Wildman–Crippen LogP) is 0.632. The molecule has 7 nitrogen and oxygen atoms in total. The molecule has 3 atom stereocenters. The molecule has 3 aliphatic rings. The molecule has 1 saturated carbocycles. The number of hydrogen-bond donors (Lipinski definition) is 3. The van der Waals surface area contributed by atoms with Crippen molar-refractivity contribution in [3.05, 3.63) is 0 Å². The highest BCUT2D eigenvalue weighted by Gasteiger charge is 2.36. The zero-order valence-electron chi connectivity index (χ0n) is 15.8. The van der Waals surface area contributed by atoms with Gasteiger partial charge in [0.05, 0.1) is 18.4 Å². The lowest BCUT2D eigenvalue weighted by Gasteiger charge is -2.35. The number of rotatable bonds is 6. The smallest absolute Gasteiger partial charge is 0.224 e. The van der Waals surface area contributed by atoms with E-state index in [1.54, 1.807) is 0 Å². The molecule has 3 unspecified atom stereocenters. The van der Waals surface area contributed by atoms with Crippen LogP contribution in [0.25, 0.3) is 0 Å². The Morgan fingerprint density at radius 2 is 2.04 bits per heavy atom. The number of nitrogens with zero attached hydrogens (tertiary/aromatic N) is 2. The van der Waals surface area contributed by atoms with Gasteiger partial charge in [-0.2, -0.15) is 0 Å². The Balaban J connectivity index is 1.57. The summed E-state index contributed by atoms with van der Waals surface area (Å²) in [7, 11) is 0. The second-order valence-corrected chi connectivity index (χ2v) is 8.16. The number of amides is 2. The molecule has 0 spiro atoms. The van der Waals surface area contributed by atoms with Gasteiger partial charge >= 0.3 is 0 Å². The summed E-state index contributed by atoms with van der Waals surface area (Å²) in [5.41, 5.74) is 6.26. The Labute approximate surface area is 150 Å². The van der Waals surface area contributed by atoms with Crippen LogP contribution >= 0.6 is 0 Å². The predicted molar refractivity (Wildman–Crippen MR) is 96.2 cm³/mol. The second kappa shape index (κ2) is 8.01. The van der Waals surface area contributed by atoms with Crippen molar-refractivity contribution in [1.82, 2.24) is 26.0 Å². The zero-order chi connectivity index (χ0) is 18.0. The highest BCUT2D eigenvalue weighted by atomic mass is 16.2. The van der Waals surface area contributed by atoms with E-state index in [2.05, 4.69) is 34.9 Å². The summed E-state index contributed by atoms with van der Waals surface area (Å²) in [5, 5.41) is 3.34. The average Bonchev–Trinajstić information content (AvgIpc) is 3.32. The minimum atomic E-state index is 0.125. The van der Waals surface area contributed by atoms with Gasteiger partial charge in [-0.25, -0.2) is 10.9 Å². The topological polar surface area (TPSA) is 76.7 Å². The molecule has 0 aromatic heterocycles. The van der Waals surface area contributed by atoms with Gasteiger partial charge in [0, 0.05) is 32.5 Å². The molecule has 2 saturated heterocycles. The standard InChI is InChI=1S/C18H33N5O2/c1-12(2)15-11-22(9-8-18(25)23(15)10-14-4-5-14)17(24)7-6-16-19-13(3)20-21-16/h12-16,19-21H,4-11H2,1-3H3. The van der Waals surface area contributed by atoms with E-state index in [1.807, 2.05) is 11.8 Å². The highest BCUT2D eigenvalue weighted by Crippen LogP contribution is 2.32. The molecule has 0 bridgehead atoms. The van der Waals surface area contributed by atoms with Gasteiger partial charge in [0.15, 0.2) is 0 Å². The third kappa shape index (κ3) is 4.92. The van der Waals surface area contributed by atoms with E-state index in [4.69, 9.17) is 0 Å². The van der Waals surface area contributed by atoms with Crippen molar-refractivity contribution in [3.8, 4) is 0 Å². The maximum Gasteiger partial charge on any atom is 0.224 e. The number of carbonyl (C=O) groups is 2. The van der Waals surface area contributed by atoms with Crippen LogP contribution in [-0.2, 0) is 9.59 Å². The fraction of sp³-hybridized carbons (Fsp3) is 0.889. The molecule has 0 aromatic rings. The summed E-state index contributed by atoms with van der Waals surface area (Å²) in [5.74, 6) is 1.42. The van der Waals surface area contributed by atoms with Crippen molar-refractivity contribution in [2.75, 3.05) is 19.6 Å². The lowest BCUT2D eigenvalue weighted by molar-refractivity contribution is -0.134. The van der Waals surface area contributed by atoms with E-state index in [0.29, 0.717) is 37.8 Å². The van der Waals surface area contributed by atoms with E-state index >= 15 is 0 Å². The van der Waals surface area contributed by atoms with Crippen LogP contribution in [0.5, 0.6) is 0 Å². The van der Waals surface area contributed by atoms with Crippen LogP contribution in [0.15, 0.2) is 0 Å². The van der Waals surface area contributed by atoms with Crippen LogP contribution in [0.4, 0.5) is 0 Å². The zero-order valence-corrected chi connectivity index (χ0v) is 15.8. The molecule has 2 aliphatic heterocycles. The molecule has 3 fully saturated rings. The fourth-order valence-electron chi connectivity index (χ4n) is 3.78. The molecule has 3 N–H and O–H groups in total.